The Balaban J connectivity index is 1.97. The van der Waals surface area contributed by atoms with Gasteiger partial charge in [-0.25, -0.2) is 0 Å². The van der Waals surface area contributed by atoms with E-state index in [0.29, 0.717) is 25.1 Å². The van der Waals surface area contributed by atoms with Crippen LogP contribution in [0.5, 0.6) is 0 Å². The maximum atomic E-state index is 12.8. The molecule has 1 unspecified atom stereocenters. The lowest BCUT2D eigenvalue weighted by Crippen LogP contribution is -2.41. The first-order valence-electron chi connectivity index (χ1n) is 9.61. The van der Waals surface area contributed by atoms with Crippen LogP contribution in [0.25, 0.3) is 0 Å². The minimum atomic E-state index is -0.235. The summed E-state index contributed by atoms with van der Waals surface area (Å²) >= 11 is 0. The molecule has 0 bridgehead atoms. The first-order valence-corrected chi connectivity index (χ1v) is 9.61. The van der Waals surface area contributed by atoms with Gasteiger partial charge in [-0.05, 0) is 44.9 Å². The monoisotopic (exact) mass is 363 g/mol. The molecule has 1 fully saturated rings. The molecule has 0 aliphatic carbocycles. The van der Waals surface area contributed by atoms with E-state index in [2.05, 4.69) is 5.32 Å². The SMILES string of the molecule is CCOC(=O)CC(C)n1nc(CC)c2c1CC1(CCOCC1)CNC2=O. The molecule has 3 rings (SSSR count). The van der Waals surface area contributed by atoms with E-state index in [-0.39, 0.29) is 29.8 Å². The van der Waals surface area contributed by atoms with E-state index in [9.17, 15) is 9.59 Å². The molecule has 0 aromatic carbocycles. The second-order valence-electron chi connectivity index (χ2n) is 7.40. The fourth-order valence-electron chi connectivity index (χ4n) is 4.04. The highest BCUT2D eigenvalue weighted by Gasteiger charge is 2.40. The van der Waals surface area contributed by atoms with Crippen molar-refractivity contribution < 1.29 is 19.1 Å². The maximum absolute atomic E-state index is 12.8. The maximum Gasteiger partial charge on any atom is 0.307 e. The number of esters is 1. The predicted molar refractivity (Wildman–Crippen MR) is 96.1 cm³/mol. The smallest absolute Gasteiger partial charge is 0.307 e. The molecular weight excluding hydrogens is 334 g/mol. The highest BCUT2D eigenvalue weighted by atomic mass is 16.5. The van der Waals surface area contributed by atoms with Crippen molar-refractivity contribution in [3.05, 3.63) is 17.0 Å². The van der Waals surface area contributed by atoms with Gasteiger partial charge < -0.3 is 14.8 Å². The lowest BCUT2D eigenvalue weighted by molar-refractivity contribution is -0.144. The number of ether oxygens (including phenoxy) is 2. The van der Waals surface area contributed by atoms with Crippen molar-refractivity contribution in [1.29, 1.82) is 0 Å². The van der Waals surface area contributed by atoms with Gasteiger partial charge in [0.25, 0.3) is 5.91 Å². The normalized spacial score (nSPS) is 20.2. The minimum Gasteiger partial charge on any atom is -0.466 e. The van der Waals surface area contributed by atoms with Crippen LogP contribution in [-0.2, 0) is 27.1 Å². The van der Waals surface area contributed by atoms with Gasteiger partial charge in [0, 0.05) is 19.8 Å². The minimum absolute atomic E-state index is 0.00556. The van der Waals surface area contributed by atoms with E-state index < -0.39 is 0 Å². The zero-order chi connectivity index (χ0) is 18.7. The van der Waals surface area contributed by atoms with Crippen LogP contribution in [0, 0.1) is 5.41 Å². The zero-order valence-corrected chi connectivity index (χ0v) is 16.0. The fraction of sp³-hybridized carbons (Fsp3) is 0.737. The summed E-state index contributed by atoms with van der Waals surface area (Å²) in [4.78, 5) is 24.7. The Kier molecular flexibility index (Phi) is 5.65. The Hall–Kier alpha value is -1.89. The number of hydrogen-bond acceptors (Lipinski definition) is 5. The average molecular weight is 363 g/mol. The topological polar surface area (TPSA) is 82.5 Å². The third-order valence-corrected chi connectivity index (χ3v) is 5.55. The van der Waals surface area contributed by atoms with E-state index in [1.54, 1.807) is 6.92 Å². The van der Waals surface area contributed by atoms with Gasteiger partial charge in [0.1, 0.15) is 0 Å². The molecule has 144 valence electrons. The predicted octanol–water partition coefficient (Wildman–Crippen LogP) is 2.04. The fourth-order valence-corrected chi connectivity index (χ4v) is 4.04. The first kappa shape index (κ1) is 18.9. The Morgan fingerprint density at radius 3 is 2.77 bits per heavy atom. The van der Waals surface area contributed by atoms with E-state index in [0.717, 1.165) is 43.9 Å². The van der Waals surface area contributed by atoms with Crippen molar-refractivity contribution >= 4 is 11.9 Å². The van der Waals surface area contributed by atoms with Crippen LogP contribution in [0.2, 0.25) is 0 Å². The van der Waals surface area contributed by atoms with Crippen molar-refractivity contribution in [3.63, 3.8) is 0 Å². The van der Waals surface area contributed by atoms with Gasteiger partial charge in [-0.1, -0.05) is 6.92 Å². The number of rotatable bonds is 5. The van der Waals surface area contributed by atoms with Gasteiger partial charge in [-0.15, -0.1) is 0 Å². The number of carbonyl (C=O) groups is 2. The molecule has 3 heterocycles. The number of nitrogens with one attached hydrogen (secondary N) is 1. The van der Waals surface area contributed by atoms with Crippen LogP contribution in [0.3, 0.4) is 0 Å². The van der Waals surface area contributed by atoms with Crippen LogP contribution in [-0.4, -0.2) is 48.0 Å². The second kappa shape index (κ2) is 7.78. The van der Waals surface area contributed by atoms with Crippen molar-refractivity contribution in [2.45, 2.75) is 58.9 Å². The number of carbonyl (C=O) groups excluding carboxylic acids is 2. The van der Waals surface area contributed by atoms with E-state index in [1.165, 1.54) is 0 Å². The molecule has 1 saturated heterocycles. The molecule has 7 nitrogen and oxygen atoms in total. The quantitative estimate of drug-likeness (QED) is 0.810. The van der Waals surface area contributed by atoms with Crippen molar-refractivity contribution in [2.24, 2.45) is 5.41 Å². The van der Waals surface area contributed by atoms with Crippen molar-refractivity contribution in [2.75, 3.05) is 26.4 Å². The summed E-state index contributed by atoms with van der Waals surface area (Å²) in [6.45, 7) is 8.25. The molecule has 1 amide bonds. The number of nitrogens with zero attached hydrogens (tertiary/aromatic N) is 2. The summed E-state index contributed by atoms with van der Waals surface area (Å²) in [5.74, 6) is -0.282. The number of fused-ring (bicyclic) bond motifs is 1. The molecule has 1 aromatic heterocycles. The van der Waals surface area contributed by atoms with Crippen molar-refractivity contribution in [3.8, 4) is 0 Å². The molecule has 1 N–H and O–H groups in total. The van der Waals surface area contributed by atoms with Crippen LogP contribution < -0.4 is 5.32 Å². The molecule has 26 heavy (non-hydrogen) atoms. The number of amides is 1. The van der Waals surface area contributed by atoms with Gasteiger partial charge in [0.15, 0.2) is 0 Å². The van der Waals surface area contributed by atoms with E-state index in [4.69, 9.17) is 14.6 Å². The Labute approximate surface area is 154 Å². The molecule has 1 spiro atoms. The highest BCUT2D eigenvalue weighted by Crippen LogP contribution is 2.38. The molecular formula is C19H29N3O4. The molecule has 0 saturated carbocycles. The number of aromatic nitrogens is 2. The Morgan fingerprint density at radius 1 is 1.38 bits per heavy atom. The summed E-state index contributed by atoms with van der Waals surface area (Å²) in [5.41, 5.74) is 2.46. The van der Waals surface area contributed by atoms with Crippen molar-refractivity contribution in [1.82, 2.24) is 15.1 Å². The van der Waals surface area contributed by atoms with Gasteiger partial charge in [-0.2, -0.15) is 5.10 Å². The Bertz CT molecular complexity index is 677. The van der Waals surface area contributed by atoms with E-state index in [1.807, 2.05) is 18.5 Å². The third kappa shape index (κ3) is 3.63. The first-order chi connectivity index (χ1) is 12.5. The molecule has 0 radical (unpaired) electrons. The molecule has 2 aliphatic heterocycles. The molecule has 1 atom stereocenters. The average Bonchev–Trinajstić information content (AvgIpc) is 2.92. The van der Waals surface area contributed by atoms with Crippen LogP contribution in [0.15, 0.2) is 0 Å². The summed E-state index contributed by atoms with van der Waals surface area (Å²) < 4.78 is 12.5. The highest BCUT2D eigenvalue weighted by molar-refractivity contribution is 5.97. The molecule has 7 heteroatoms. The second-order valence-corrected chi connectivity index (χ2v) is 7.40. The number of aryl methyl sites for hydroxylation is 1. The van der Waals surface area contributed by atoms with Crippen LogP contribution in [0.1, 0.15) is 67.8 Å². The standard InChI is InChI=1S/C19H29N3O4/c1-4-14-17-15(22(21-14)13(3)10-16(23)26-5-2)11-19(12-20-18(17)24)6-8-25-9-7-19/h13H,4-12H2,1-3H3,(H,20,24). The Morgan fingerprint density at radius 2 is 2.12 bits per heavy atom. The van der Waals surface area contributed by atoms with Crippen LogP contribution in [0.4, 0.5) is 0 Å². The zero-order valence-electron chi connectivity index (χ0n) is 16.0. The number of hydrogen-bond donors (Lipinski definition) is 1. The lowest BCUT2D eigenvalue weighted by atomic mass is 9.76. The van der Waals surface area contributed by atoms with Gasteiger partial charge in [-0.3, -0.25) is 14.3 Å². The van der Waals surface area contributed by atoms with Crippen LogP contribution >= 0.6 is 0 Å². The molecule has 2 aliphatic rings. The summed E-state index contributed by atoms with van der Waals surface area (Å²) in [6, 6.07) is -0.147. The third-order valence-electron chi connectivity index (χ3n) is 5.55. The summed E-state index contributed by atoms with van der Waals surface area (Å²) in [6.07, 6.45) is 3.57. The molecule has 1 aromatic rings. The summed E-state index contributed by atoms with van der Waals surface area (Å²) in [7, 11) is 0. The lowest BCUT2D eigenvalue weighted by Gasteiger charge is -2.36. The summed E-state index contributed by atoms with van der Waals surface area (Å²) in [5, 5.41) is 7.82. The van der Waals surface area contributed by atoms with Gasteiger partial charge >= 0.3 is 5.97 Å². The van der Waals surface area contributed by atoms with Gasteiger partial charge in [0.05, 0.1) is 36.0 Å². The van der Waals surface area contributed by atoms with E-state index >= 15 is 0 Å². The van der Waals surface area contributed by atoms with Gasteiger partial charge in [0.2, 0.25) is 0 Å². The largest absolute Gasteiger partial charge is 0.466 e.